The minimum Gasteiger partial charge on any atom is -0.444 e. The average molecular weight is 380 g/mol. The van der Waals surface area contributed by atoms with E-state index >= 15 is 0 Å². The molecule has 0 N–H and O–H groups in total. The van der Waals surface area contributed by atoms with Crippen LogP contribution in [-0.2, 0) is 16.2 Å². The first-order valence-corrected chi connectivity index (χ1v) is 13.4. The van der Waals surface area contributed by atoms with Gasteiger partial charge >= 0.3 is 6.09 Å². The SMILES string of the molecule is CC(C)(C)OC(=O)N1[C@@H]2C[C@@H]2C[C@H]1c1nccn1COCC[Si](C)(C)C. The summed E-state index contributed by atoms with van der Waals surface area (Å²) in [5.74, 6) is 1.50. The highest BCUT2D eigenvalue weighted by Crippen LogP contribution is 2.53. The summed E-state index contributed by atoms with van der Waals surface area (Å²) in [5.41, 5.74) is -0.482. The first-order valence-electron chi connectivity index (χ1n) is 9.65. The number of carbonyl (C=O) groups is 1. The lowest BCUT2D eigenvalue weighted by molar-refractivity contribution is 0.0159. The molecule has 1 aliphatic heterocycles. The summed E-state index contributed by atoms with van der Waals surface area (Å²) in [6.07, 6.45) is 5.58. The molecule has 0 spiro atoms. The van der Waals surface area contributed by atoms with Crippen LogP contribution in [0.2, 0.25) is 25.7 Å². The van der Waals surface area contributed by atoms with Crippen molar-refractivity contribution in [2.75, 3.05) is 6.61 Å². The predicted molar refractivity (Wildman–Crippen MR) is 104 cm³/mol. The standard InChI is InChI=1S/C19H33N3O3Si/c1-19(2,3)25-18(23)22-15-11-14(15)12-16(22)17-20-7-8-21(17)13-24-9-10-26(4,5)6/h7-8,14-16H,9-13H2,1-6H3/t14-,15-,16+/m1/s1. The molecule has 1 saturated carbocycles. The van der Waals surface area contributed by atoms with Crippen molar-refractivity contribution < 1.29 is 14.3 Å². The van der Waals surface area contributed by atoms with E-state index in [-0.39, 0.29) is 12.1 Å². The first-order chi connectivity index (χ1) is 12.1. The van der Waals surface area contributed by atoms with Gasteiger partial charge in [-0.25, -0.2) is 9.78 Å². The summed E-state index contributed by atoms with van der Waals surface area (Å²) >= 11 is 0. The summed E-state index contributed by atoms with van der Waals surface area (Å²) < 4.78 is 13.6. The van der Waals surface area contributed by atoms with Crippen LogP contribution in [0.3, 0.4) is 0 Å². The lowest BCUT2D eigenvalue weighted by Gasteiger charge is -2.30. The van der Waals surface area contributed by atoms with Crippen LogP contribution in [-0.4, -0.2) is 46.9 Å². The van der Waals surface area contributed by atoms with Crippen molar-refractivity contribution >= 4 is 14.2 Å². The Kier molecular flexibility index (Phi) is 5.23. The summed E-state index contributed by atoms with van der Waals surface area (Å²) in [6, 6.07) is 1.45. The fourth-order valence-corrected chi connectivity index (χ4v) is 4.29. The molecule has 2 aliphatic rings. The molecule has 0 bridgehead atoms. The smallest absolute Gasteiger partial charge is 0.411 e. The largest absolute Gasteiger partial charge is 0.444 e. The molecule has 1 aromatic rings. The topological polar surface area (TPSA) is 56.6 Å². The van der Waals surface area contributed by atoms with Crippen molar-refractivity contribution in [2.45, 2.75) is 83.7 Å². The zero-order valence-corrected chi connectivity index (χ0v) is 18.0. The number of amides is 1. The minimum absolute atomic E-state index is 0.0100. The zero-order valence-electron chi connectivity index (χ0n) is 17.0. The fraction of sp³-hybridized carbons (Fsp3) is 0.789. The maximum atomic E-state index is 12.7. The number of ether oxygens (including phenoxy) is 2. The number of rotatable bonds is 6. The minimum atomic E-state index is -1.09. The van der Waals surface area contributed by atoms with Crippen LogP contribution in [0, 0.1) is 5.92 Å². The van der Waals surface area contributed by atoms with Gasteiger partial charge in [0.15, 0.2) is 0 Å². The van der Waals surface area contributed by atoms with E-state index in [2.05, 4.69) is 24.6 Å². The van der Waals surface area contributed by atoms with E-state index in [4.69, 9.17) is 9.47 Å². The highest BCUT2D eigenvalue weighted by atomic mass is 28.3. The molecule has 1 aromatic heterocycles. The molecular weight excluding hydrogens is 346 g/mol. The molecule has 0 aromatic carbocycles. The molecule has 3 rings (SSSR count). The maximum absolute atomic E-state index is 12.7. The summed E-state index contributed by atoms with van der Waals surface area (Å²) in [4.78, 5) is 19.2. The lowest BCUT2D eigenvalue weighted by atomic mass is 10.1. The van der Waals surface area contributed by atoms with Gasteiger partial charge in [-0.3, -0.25) is 4.90 Å². The molecule has 146 valence electrons. The van der Waals surface area contributed by atoms with Crippen LogP contribution in [0.4, 0.5) is 4.79 Å². The van der Waals surface area contributed by atoms with Gasteiger partial charge in [0.25, 0.3) is 0 Å². The summed E-state index contributed by atoms with van der Waals surface area (Å²) in [5, 5.41) is 0. The Morgan fingerprint density at radius 2 is 2.04 bits per heavy atom. The number of piperidine rings is 1. The van der Waals surface area contributed by atoms with Crippen molar-refractivity contribution in [3.63, 3.8) is 0 Å². The summed E-state index contributed by atoms with van der Waals surface area (Å²) in [7, 11) is -1.09. The van der Waals surface area contributed by atoms with Crippen LogP contribution in [0.1, 0.15) is 45.5 Å². The predicted octanol–water partition coefficient (Wildman–Crippen LogP) is 4.27. The van der Waals surface area contributed by atoms with Gasteiger partial charge in [-0.1, -0.05) is 19.6 Å². The van der Waals surface area contributed by atoms with Crippen LogP contribution < -0.4 is 0 Å². The highest BCUT2D eigenvalue weighted by molar-refractivity contribution is 6.76. The maximum Gasteiger partial charge on any atom is 0.411 e. The van der Waals surface area contributed by atoms with Gasteiger partial charge < -0.3 is 14.0 Å². The van der Waals surface area contributed by atoms with Gasteiger partial charge in [0.05, 0.1) is 6.04 Å². The monoisotopic (exact) mass is 379 g/mol. The van der Waals surface area contributed by atoms with Crippen LogP contribution in [0.25, 0.3) is 0 Å². The van der Waals surface area contributed by atoms with Gasteiger partial charge in [0, 0.05) is 33.1 Å². The molecule has 26 heavy (non-hydrogen) atoms. The highest BCUT2D eigenvalue weighted by Gasteiger charge is 2.56. The average Bonchev–Trinajstić information content (AvgIpc) is 2.93. The Labute approximate surface area is 157 Å². The zero-order chi connectivity index (χ0) is 19.1. The summed E-state index contributed by atoms with van der Waals surface area (Å²) in [6.45, 7) is 14.1. The van der Waals surface area contributed by atoms with E-state index in [9.17, 15) is 4.79 Å². The van der Waals surface area contributed by atoms with E-state index in [1.54, 1.807) is 6.20 Å². The van der Waals surface area contributed by atoms with Crippen LogP contribution >= 0.6 is 0 Å². The van der Waals surface area contributed by atoms with Gasteiger partial charge in [-0.2, -0.15) is 0 Å². The number of fused-ring (bicyclic) bond motifs is 1. The third-order valence-corrected chi connectivity index (χ3v) is 6.69. The number of hydrogen-bond acceptors (Lipinski definition) is 4. The molecule has 7 heteroatoms. The first kappa shape index (κ1) is 19.4. The van der Waals surface area contributed by atoms with Crippen molar-refractivity contribution in [3.05, 3.63) is 18.2 Å². The molecule has 3 atom stereocenters. The lowest BCUT2D eigenvalue weighted by Crippen LogP contribution is -2.39. The number of nitrogens with zero attached hydrogens (tertiary/aromatic N) is 3. The van der Waals surface area contributed by atoms with E-state index in [1.165, 1.54) is 0 Å². The molecule has 0 radical (unpaired) electrons. The Bertz CT molecular complexity index is 647. The van der Waals surface area contributed by atoms with E-state index < -0.39 is 13.7 Å². The molecule has 0 unspecified atom stereocenters. The Hall–Kier alpha value is -1.34. The molecule has 1 saturated heterocycles. The Morgan fingerprint density at radius 1 is 1.31 bits per heavy atom. The van der Waals surface area contributed by atoms with Gasteiger partial charge in [0.2, 0.25) is 0 Å². The van der Waals surface area contributed by atoms with E-state index in [1.807, 2.05) is 36.4 Å². The van der Waals surface area contributed by atoms with Crippen molar-refractivity contribution in [1.29, 1.82) is 0 Å². The molecule has 2 heterocycles. The second-order valence-corrected chi connectivity index (χ2v) is 15.4. The number of imidazole rings is 1. The van der Waals surface area contributed by atoms with Gasteiger partial charge in [-0.05, 0) is 45.6 Å². The number of likely N-dealkylation sites (tertiary alicyclic amines) is 1. The molecule has 1 amide bonds. The van der Waals surface area contributed by atoms with Gasteiger partial charge in [-0.15, -0.1) is 0 Å². The number of aromatic nitrogens is 2. The fourth-order valence-electron chi connectivity index (χ4n) is 3.53. The normalized spacial score (nSPS) is 25.3. The third-order valence-electron chi connectivity index (χ3n) is 4.98. The number of carbonyl (C=O) groups excluding carboxylic acids is 1. The molecular formula is C19H33N3O3Si. The second-order valence-electron chi connectivity index (χ2n) is 9.81. The van der Waals surface area contributed by atoms with E-state index in [0.717, 1.165) is 31.3 Å². The molecule has 6 nitrogen and oxygen atoms in total. The van der Waals surface area contributed by atoms with E-state index in [0.29, 0.717) is 18.7 Å². The van der Waals surface area contributed by atoms with Crippen molar-refractivity contribution in [3.8, 4) is 0 Å². The molecule has 2 fully saturated rings. The van der Waals surface area contributed by atoms with Crippen LogP contribution in [0.15, 0.2) is 12.4 Å². The Balaban J connectivity index is 1.65. The quantitative estimate of drug-likeness (QED) is 0.547. The molecule has 1 aliphatic carbocycles. The van der Waals surface area contributed by atoms with Crippen LogP contribution in [0.5, 0.6) is 0 Å². The van der Waals surface area contributed by atoms with Gasteiger partial charge in [0.1, 0.15) is 18.2 Å². The van der Waals surface area contributed by atoms with Crippen molar-refractivity contribution in [2.24, 2.45) is 5.92 Å². The second kappa shape index (κ2) is 7.00. The van der Waals surface area contributed by atoms with Crippen molar-refractivity contribution in [1.82, 2.24) is 14.5 Å². The Morgan fingerprint density at radius 3 is 2.69 bits per heavy atom. The third kappa shape index (κ3) is 4.68. The number of hydrogen-bond donors (Lipinski definition) is 0.